The lowest BCUT2D eigenvalue weighted by molar-refractivity contribution is -0.117. The molecular formula is C23H20ClN7O3S. The molecule has 0 aliphatic carbocycles. The molecule has 2 heterocycles. The van der Waals surface area contributed by atoms with Crippen LogP contribution in [0.25, 0.3) is 11.8 Å². The molecule has 0 bridgehead atoms. The van der Waals surface area contributed by atoms with Crippen molar-refractivity contribution in [2.45, 2.75) is 12.5 Å². The summed E-state index contributed by atoms with van der Waals surface area (Å²) in [6.07, 6.45) is 5.06. The number of nitrogens with one attached hydrogen (secondary N) is 2. The molecule has 0 spiro atoms. The van der Waals surface area contributed by atoms with Crippen LogP contribution < -0.4 is 10.6 Å². The number of amides is 1. The minimum Gasteiger partial charge on any atom is -0.478 e. The zero-order valence-electron chi connectivity index (χ0n) is 18.2. The smallest absolute Gasteiger partial charge is 0.335 e. The molecule has 0 fully saturated rings. The number of benzene rings is 2. The predicted molar refractivity (Wildman–Crippen MR) is 133 cm³/mol. The SMILES string of the molecule is O=C(/C=C/c1cc(Cl)ccc1-n1cnnn1)N[C@H](CNc1ccc(C(=O)O)cc1)Cc1cscn1. The Balaban J connectivity index is 1.45. The van der Waals surface area contributed by atoms with E-state index in [-0.39, 0.29) is 17.5 Å². The van der Waals surface area contributed by atoms with Gasteiger partial charge >= 0.3 is 5.97 Å². The first-order chi connectivity index (χ1) is 17.0. The number of tetrazole rings is 1. The van der Waals surface area contributed by atoms with Gasteiger partial charge in [0.25, 0.3) is 0 Å². The van der Waals surface area contributed by atoms with Crippen molar-refractivity contribution >= 4 is 46.6 Å². The topological polar surface area (TPSA) is 135 Å². The molecule has 178 valence electrons. The summed E-state index contributed by atoms with van der Waals surface area (Å²) in [6.45, 7) is 0.413. The molecule has 10 nitrogen and oxygen atoms in total. The molecule has 0 aliphatic heterocycles. The Morgan fingerprint density at radius 1 is 1.20 bits per heavy atom. The Hall–Kier alpha value is -4.09. The normalized spacial score (nSPS) is 11.9. The van der Waals surface area contributed by atoms with Gasteiger partial charge in [-0.2, -0.15) is 4.68 Å². The van der Waals surface area contributed by atoms with E-state index in [2.05, 4.69) is 31.1 Å². The zero-order chi connectivity index (χ0) is 24.6. The van der Waals surface area contributed by atoms with Crippen LogP contribution in [0, 0.1) is 0 Å². The van der Waals surface area contributed by atoms with Crippen molar-refractivity contribution in [2.75, 3.05) is 11.9 Å². The first-order valence-corrected chi connectivity index (χ1v) is 11.8. The fourth-order valence-corrected chi connectivity index (χ4v) is 4.04. The number of rotatable bonds is 10. The average molecular weight is 510 g/mol. The summed E-state index contributed by atoms with van der Waals surface area (Å²) < 4.78 is 1.48. The number of carboxylic acids is 1. The maximum Gasteiger partial charge on any atom is 0.335 e. The highest BCUT2D eigenvalue weighted by Crippen LogP contribution is 2.20. The molecular weight excluding hydrogens is 490 g/mol. The quantitative estimate of drug-likeness (QED) is 0.277. The number of aromatic carboxylic acids is 1. The fraction of sp³-hybridized carbons (Fsp3) is 0.130. The number of thiazole rings is 1. The van der Waals surface area contributed by atoms with Gasteiger partial charge in [0, 0.05) is 40.7 Å². The van der Waals surface area contributed by atoms with Crippen LogP contribution in [0.1, 0.15) is 21.6 Å². The highest BCUT2D eigenvalue weighted by molar-refractivity contribution is 7.07. The van der Waals surface area contributed by atoms with Gasteiger partial charge in [-0.3, -0.25) is 4.79 Å². The van der Waals surface area contributed by atoms with Crippen molar-refractivity contribution < 1.29 is 14.7 Å². The van der Waals surface area contributed by atoms with E-state index in [4.69, 9.17) is 16.7 Å². The Morgan fingerprint density at radius 2 is 2.03 bits per heavy atom. The molecule has 1 atom stereocenters. The molecule has 0 saturated carbocycles. The Bertz CT molecular complexity index is 1310. The highest BCUT2D eigenvalue weighted by atomic mass is 35.5. The van der Waals surface area contributed by atoms with Gasteiger partial charge in [-0.25, -0.2) is 9.78 Å². The standard InChI is InChI=1S/C23H20ClN7O3S/c24-17-4-7-21(31-13-27-29-30-31)16(9-17)3-8-22(32)28-19(10-20-12-35-14-26-20)11-25-18-5-1-15(2-6-18)23(33)34/h1-9,12-14,19,25H,10-11H2,(H,28,32)(H,33,34)/b8-3+/t19-/m0/s1. The third-order valence-corrected chi connectivity index (χ3v) is 5.84. The minimum absolute atomic E-state index is 0.204. The van der Waals surface area contributed by atoms with E-state index in [1.54, 1.807) is 41.9 Å². The van der Waals surface area contributed by atoms with Gasteiger partial charge in [-0.15, -0.1) is 16.4 Å². The molecule has 0 radical (unpaired) electrons. The second kappa shape index (κ2) is 11.4. The monoisotopic (exact) mass is 509 g/mol. The van der Waals surface area contributed by atoms with E-state index in [0.29, 0.717) is 29.2 Å². The predicted octanol–water partition coefficient (Wildman–Crippen LogP) is 3.32. The van der Waals surface area contributed by atoms with Gasteiger partial charge in [0.15, 0.2) is 0 Å². The number of anilines is 1. The summed E-state index contributed by atoms with van der Waals surface area (Å²) in [4.78, 5) is 28.1. The summed E-state index contributed by atoms with van der Waals surface area (Å²) in [5.74, 6) is -1.28. The van der Waals surface area contributed by atoms with Gasteiger partial charge in [-0.1, -0.05) is 11.6 Å². The van der Waals surface area contributed by atoms with Gasteiger partial charge in [0.1, 0.15) is 6.33 Å². The van der Waals surface area contributed by atoms with Crippen molar-refractivity contribution in [3.05, 3.63) is 87.6 Å². The zero-order valence-corrected chi connectivity index (χ0v) is 19.8. The van der Waals surface area contributed by atoms with Gasteiger partial charge in [-0.05, 0) is 59.0 Å². The number of carboxylic acid groups (broad SMARTS) is 1. The van der Waals surface area contributed by atoms with Crippen molar-refractivity contribution in [1.29, 1.82) is 0 Å². The van der Waals surface area contributed by atoms with E-state index < -0.39 is 5.97 Å². The molecule has 0 saturated heterocycles. The maximum absolute atomic E-state index is 12.8. The molecule has 3 N–H and O–H groups in total. The van der Waals surface area contributed by atoms with Crippen LogP contribution in [0.15, 0.2) is 65.8 Å². The van der Waals surface area contributed by atoms with E-state index in [0.717, 1.165) is 11.4 Å². The van der Waals surface area contributed by atoms with Gasteiger partial charge in [0.05, 0.1) is 28.5 Å². The van der Waals surface area contributed by atoms with Crippen LogP contribution in [-0.2, 0) is 11.2 Å². The summed E-state index contributed by atoms with van der Waals surface area (Å²) in [5, 5.41) is 28.9. The lowest BCUT2D eigenvalue weighted by Gasteiger charge is -2.18. The second-order valence-electron chi connectivity index (χ2n) is 7.44. The Labute approximate surface area is 209 Å². The van der Waals surface area contributed by atoms with Crippen molar-refractivity contribution in [3.8, 4) is 5.69 Å². The molecule has 1 amide bonds. The molecule has 2 aromatic carbocycles. The summed E-state index contributed by atoms with van der Waals surface area (Å²) in [6, 6.07) is 11.3. The molecule has 2 aromatic heterocycles. The number of carbonyl (C=O) groups is 2. The minimum atomic E-state index is -0.986. The van der Waals surface area contributed by atoms with E-state index in [9.17, 15) is 9.59 Å². The van der Waals surface area contributed by atoms with Crippen LogP contribution in [0.2, 0.25) is 5.02 Å². The average Bonchev–Trinajstić information content (AvgIpc) is 3.56. The van der Waals surface area contributed by atoms with Crippen molar-refractivity contribution in [2.24, 2.45) is 0 Å². The third kappa shape index (κ3) is 6.71. The Kier molecular flexibility index (Phi) is 7.81. The van der Waals surface area contributed by atoms with Crippen LogP contribution in [0.4, 0.5) is 5.69 Å². The number of hydrogen-bond donors (Lipinski definition) is 3. The number of hydrogen-bond acceptors (Lipinski definition) is 8. The first-order valence-electron chi connectivity index (χ1n) is 10.4. The van der Waals surface area contributed by atoms with Crippen LogP contribution >= 0.6 is 22.9 Å². The summed E-state index contributed by atoms with van der Waals surface area (Å²) >= 11 is 7.63. The third-order valence-electron chi connectivity index (χ3n) is 4.97. The molecule has 0 unspecified atom stereocenters. The van der Waals surface area contributed by atoms with E-state index >= 15 is 0 Å². The Morgan fingerprint density at radius 3 is 2.71 bits per heavy atom. The second-order valence-corrected chi connectivity index (χ2v) is 8.60. The van der Waals surface area contributed by atoms with Crippen LogP contribution in [-0.4, -0.2) is 54.8 Å². The van der Waals surface area contributed by atoms with E-state index in [1.165, 1.54) is 40.6 Å². The summed E-state index contributed by atoms with van der Waals surface area (Å²) in [5.41, 5.74) is 4.90. The fourth-order valence-electron chi connectivity index (χ4n) is 3.29. The van der Waals surface area contributed by atoms with E-state index in [1.807, 2.05) is 5.38 Å². The lowest BCUT2D eigenvalue weighted by atomic mass is 10.1. The number of carbonyl (C=O) groups excluding carboxylic acids is 1. The number of halogens is 1. The maximum atomic E-state index is 12.8. The molecule has 35 heavy (non-hydrogen) atoms. The van der Waals surface area contributed by atoms with Gasteiger partial charge < -0.3 is 15.7 Å². The molecule has 0 aliphatic rings. The van der Waals surface area contributed by atoms with Crippen LogP contribution in [0.5, 0.6) is 0 Å². The first kappa shape index (κ1) is 24.0. The number of nitrogens with zero attached hydrogens (tertiary/aromatic N) is 5. The molecule has 12 heteroatoms. The van der Waals surface area contributed by atoms with Crippen LogP contribution in [0.3, 0.4) is 0 Å². The molecule has 4 rings (SSSR count). The summed E-state index contributed by atoms with van der Waals surface area (Å²) in [7, 11) is 0. The highest BCUT2D eigenvalue weighted by Gasteiger charge is 2.14. The largest absolute Gasteiger partial charge is 0.478 e. The van der Waals surface area contributed by atoms with Crippen molar-refractivity contribution in [1.82, 2.24) is 30.5 Å². The van der Waals surface area contributed by atoms with Crippen molar-refractivity contribution in [3.63, 3.8) is 0 Å². The van der Waals surface area contributed by atoms with Gasteiger partial charge in [0.2, 0.25) is 5.91 Å². The number of aromatic nitrogens is 5. The molecule has 4 aromatic rings. The lowest BCUT2D eigenvalue weighted by Crippen LogP contribution is -2.40.